The summed E-state index contributed by atoms with van der Waals surface area (Å²) in [6, 6.07) is 8.26. The Morgan fingerprint density at radius 2 is 2.26 bits per heavy atom. The Hall–Kier alpha value is -2.86. The summed E-state index contributed by atoms with van der Waals surface area (Å²) in [4.78, 5) is 16.2. The van der Waals surface area contributed by atoms with Crippen LogP contribution in [0.4, 0.5) is 4.39 Å². The summed E-state index contributed by atoms with van der Waals surface area (Å²) < 4.78 is 46.2. The van der Waals surface area contributed by atoms with Crippen LogP contribution >= 0.6 is 11.6 Å². The van der Waals surface area contributed by atoms with Crippen LogP contribution in [-0.2, 0) is 16.1 Å². The number of rotatable bonds is 7. The second-order valence-electron chi connectivity index (χ2n) is 7.33. The van der Waals surface area contributed by atoms with Crippen molar-refractivity contribution >= 4 is 34.1 Å². The molecule has 0 saturated carbocycles. The number of hydrogen-bond donors (Lipinski definition) is 0. The average Bonchev–Trinajstić information content (AvgIpc) is 3.16. The topological polar surface area (TPSA) is 61.6 Å². The van der Waals surface area contributed by atoms with Gasteiger partial charge in [-0.2, -0.15) is 4.39 Å². The van der Waals surface area contributed by atoms with Crippen molar-refractivity contribution in [1.29, 1.82) is 0 Å². The highest BCUT2D eigenvalue weighted by atomic mass is 35.5. The molecule has 0 fully saturated rings. The molecule has 0 radical (unpaired) electrons. The smallest absolute Gasteiger partial charge is 0.306 e. The lowest BCUT2D eigenvalue weighted by molar-refractivity contribution is -0.144. The minimum atomic E-state index is -2.34. The van der Waals surface area contributed by atoms with Gasteiger partial charge in [0.1, 0.15) is 12.1 Å². The van der Waals surface area contributed by atoms with Crippen LogP contribution in [0.1, 0.15) is 46.6 Å². The zero-order valence-electron chi connectivity index (χ0n) is 19.0. The Morgan fingerprint density at radius 1 is 1.39 bits per heavy atom. The van der Waals surface area contributed by atoms with Gasteiger partial charge in [0, 0.05) is 29.5 Å². The van der Waals surface area contributed by atoms with Crippen molar-refractivity contribution in [3.63, 3.8) is 0 Å². The summed E-state index contributed by atoms with van der Waals surface area (Å²) in [5.41, 5.74) is 1.70. The number of aromatic nitrogens is 1. The van der Waals surface area contributed by atoms with Gasteiger partial charge in [-0.05, 0) is 49.8 Å². The fraction of sp³-hybridized carbons (Fsp3) is 0.333. The van der Waals surface area contributed by atoms with E-state index in [1.165, 1.54) is 12.1 Å². The Labute approximate surface area is 187 Å². The maximum Gasteiger partial charge on any atom is 0.306 e. The first-order valence-corrected chi connectivity index (χ1v) is 10.5. The summed E-state index contributed by atoms with van der Waals surface area (Å²) in [6.07, 6.45) is 4.79. The van der Waals surface area contributed by atoms with E-state index in [9.17, 15) is 9.18 Å². The van der Waals surface area contributed by atoms with E-state index in [1.54, 1.807) is 19.1 Å². The number of hydrogen-bond acceptors (Lipinski definition) is 5. The number of halogens is 2. The predicted octanol–water partition coefficient (Wildman–Crippen LogP) is 6.34. The summed E-state index contributed by atoms with van der Waals surface area (Å²) >= 11 is 6.08. The van der Waals surface area contributed by atoms with Gasteiger partial charge in [-0.15, -0.1) is 0 Å². The second-order valence-corrected chi connectivity index (χ2v) is 7.74. The van der Waals surface area contributed by atoms with E-state index < -0.39 is 12.6 Å². The van der Waals surface area contributed by atoms with Crippen LogP contribution in [0.2, 0.25) is 5.02 Å². The number of allylic oxidation sites excluding steroid dienone is 2. The lowest BCUT2D eigenvalue weighted by atomic mass is 9.86. The number of ether oxygens (including phenoxy) is 2. The first-order chi connectivity index (χ1) is 15.8. The number of nitrogens with zero attached hydrogens (tertiary/aromatic N) is 1. The molecule has 3 aromatic rings. The van der Waals surface area contributed by atoms with Crippen LogP contribution in [0, 0.1) is 11.9 Å². The highest BCUT2D eigenvalue weighted by molar-refractivity contribution is 6.35. The monoisotopic (exact) mass is 445 g/mol. The van der Waals surface area contributed by atoms with Gasteiger partial charge in [0.05, 0.1) is 20.1 Å². The van der Waals surface area contributed by atoms with Crippen molar-refractivity contribution < 1.29 is 25.8 Å². The van der Waals surface area contributed by atoms with Crippen LogP contribution in [0.15, 0.2) is 46.9 Å². The number of benzene rings is 1. The van der Waals surface area contributed by atoms with Crippen molar-refractivity contribution in [3.8, 4) is 5.88 Å². The number of carbonyl (C=O) groups is 1. The largest absolute Gasteiger partial charge is 0.473 e. The molecule has 4 rings (SSSR count). The first-order valence-electron chi connectivity index (χ1n) is 11.2. The fourth-order valence-electron chi connectivity index (χ4n) is 3.66. The lowest BCUT2D eigenvalue weighted by Crippen LogP contribution is -2.14. The van der Waals surface area contributed by atoms with E-state index in [0.717, 1.165) is 30.9 Å². The number of fused-ring (bicyclic) bond motifs is 1. The molecule has 2 heterocycles. The minimum Gasteiger partial charge on any atom is -0.473 e. The molecule has 0 saturated heterocycles. The molecule has 1 aromatic carbocycles. The third-order valence-corrected chi connectivity index (χ3v) is 5.53. The van der Waals surface area contributed by atoms with Gasteiger partial charge in [-0.3, -0.25) is 4.79 Å². The Morgan fingerprint density at radius 3 is 3.03 bits per heavy atom. The van der Waals surface area contributed by atoms with E-state index in [0.29, 0.717) is 18.7 Å². The van der Waals surface area contributed by atoms with Crippen molar-refractivity contribution in [3.05, 3.63) is 64.8 Å². The van der Waals surface area contributed by atoms with Gasteiger partial charge in [0.25, 0.3) is 6.01 Å². The molecule has 2 aromatic heterocycles. The SMILES string of the molecule is [2H]C([2H])(Oc1cccc(C2=CCC(CC(=O)OCC)CC2)n1)c1ccc(Cl)c2cc(F)oc12. The van der Waals surface area contributed by atoms with Gasteiger partial charge in [-0.1, -0.05) is 29.8 Å². The third-order valence-electron chi connectivity index (χ3n) is 5.20. The predicted molar refractivity (Wildman–Crippen MR) is 116 cm³/mol. The van der Waals surface area contributed by atoms with Gasteiger partial charge in [0.2, 0.25) is 5.88 Å². The standard InChI is InChI=1S/C24H23ClFNO4/c1-2-29-23(28)12-15-6-8-16(9-7-15)20-4-3-5-22(27-20)30-14-17-10-11-19(25)18-13-21(26)31-24(17)18/h3-5,8,10-11,13,15H,2,6-7,9,12,14H2,1H3/i14D2. The Bertz CT molecular complexity index is 1210. The number of pyridine rings is 1. The molecule has 7 heteroatoms. The second kappa shape index (κ2) is 9.52. The zero-order chi connectivity index (χ0) is 23.6. The quantitative estimate of drug-likeness (QED) is 0.397. The molecule has 1 unspecified atom stereocenters. The molecule has 1 aliphatic carbocycles. The van der Waals surface area contributed by atoms with Crippen LogP contribution in [0.3, 0.4) is 0 Å². The van der Waals surface area contributed by atoms with E-state index in [4.69, 9.17) is 28.2 Å². The Balaban J connectivity index is 1.51. The summed E-state index contributed by atoms with van der Waals surface area (Å²) in [6.45, 7) is -0.167. The normalized spacial score (nSPS) is 17.6. The van der Waals surface area contributed by atoms with Crippen molar-refractivity contribution in [2.75, 3.05) is 6.61 Å². The summed E-state index contributed by atoms with van der Waals surface area (Å²) in [7, 11) is 0. The van der Waals surface area contributed by atoms with Crippen molar-refractivity contribution in [1.82, 2.24) is 4.98 Å². The molecule has 1 atom stereocenters. The van der Waals surface area contributed by atoms with Gasteiger partial charge in [-0.25, -0.2) is 4.98 Å². The average molecular weight is 446 g/mol. The van der Waals surface area contributed by atoms with Gasteiger partial charge < -0.3 is 13.9 Å². The molecule has 0 spiro atoms. The summed E-state index contributed by atoms with van der Waals surface area (Å²) in [5.74, 6) is 0.146. The maximum atomic E-state index is 13.7. The molecular weight excluding hydrogens is 421 g/mol. The highest BCUT2D eigenvalue weighted by Gasteiger charge is 2.20. The van der Waals surface area contributed by atoms with Gasteiger partial charge in [0.15, 0.2) is 0 Å². The van der Waals surface area contributed by atoms with Crippen LogP contribution in [-0.4, -0.2) is 17.6 Å². The van der Waals surface area contributed by atoms with E-state index >= 15 is 0 Å². The highest BCUT2D eigenvalue weighted by Crippen LogP contribution is 2.33. The summed E-state index contributed by atoms with van der Waals surface area (Å²) in [5, 5.41) is 0.522. The minimum absolute atomic E-state index is 0.0104. The number of carbonyl (C=O) groups excluding carboxylic acids is 1. The molecule has 162 valence electrons. The number of esters is 1. The molecule has 31 heavy (non-hydrogen) atoms. The molecule has 0 amide bonds. The van der Waals surface area contributed by atoms with Crippen LogP contribution in [0.5, 0.6) is 5.88 Å². The molecule has 5 nitrogen and oxygen atoms in total. The van der Waals surface area contributed by atoms with Crippen molar-refractivity contribution in [2.45, 2.75) is 39.2 Å². The molecular formula is C24H23ClFNO4. The van der Waals surface area contributed by atoms with E-state index in [-0.39, 0.29) is 39.3 Å². The molecule has 0 N–H and O–H groups in total. The van der Waals surface area contributed by atoms with Crippen LogP contribution < -0.4 is 4.74 Å². The van der Waals surface area contributed by atoms with Gasteiger partial charge >= 0.3 is 5.97 Å². The zero-order valence-corrected chi connectivity index (χ0v) is 17.7. The number of furan rings is 1. The lowest BCUT2D eigenvalue weighted by Gasteiger charge is -2.21. The van der Waals surface area contributed by atoms with Crippen molar-refractivity contribution in [2.24, 2.45) is 5.92 Å². The maximum absolute atomic E-state index is 13.7. The third kappa shape index (κ3) is 5.07. The Kier molecular flexibility index (Phi) is 5.79. The van der Waals surface area contributed by atoms with E-state index in [2.05, 4.69) is 11.1 Å². The molecule has 1 aliphatic rings. The fourth-order valence-corrected chi connectivity index (χ4v) is 3.86. The molecule has 0 aliphatic heterocycles. The van der Waals surface area contributed by atoms with Crippen LogP contribution in [0.25, 0.3) is 16.5 Å². The first kappa shape index (κ1) is 18.9. The molecule has 0 bridgehead atoms. The van der Waals surface area contributed by atoms with E-state index in [1.807, 2.05) is 6.07 Å².